The molecule has 1 atom stereocenters. The van der Waals surface area contributed by atoms with Crippen LogP contribution in [0.4, 0.5) is 0 Å². The molecule has 3 N–H and O–H groups in total. The number of carbonyl (C=O) groups excluding carboxylic acids is 2. The van der Waals surface area contributed by atoms with Gasteiger partial charge in [-0.15, -0.1) is 0 Å². The van der Waals surface area contributed by atoms with Gasteiger partial charge in [-0.2, -0.15) is 0 Å². The first-order chi connectivity index (χ1) is 12.4. The summed E-state index contributed by atoms with van der Waals surface area (Å²) >= 11 is 6.26. The number of nitrogens with two attached hydrogens (primary N) is 1. The Bertz CT molecular complexity index is 780. The first-order valence-corrected chi connectivity index (χ1v) is 8.46. The van der Waals surface area contributed by atoms with Crippen molar-refractivity contribution in [3.63, 3.8) is 0 Å². The number of primary amides is 1. The topological polar surface area (TPSA) is 84.7 Å². The minimum absolute atomic E-state index is 0.0640. The fourth-order valence-electron chi connectivity index (χ4n) is 2.47. The van der Waals surface area contributed by atoms with E-state index in [0.717, 1.165) is 5.56 Å². The van der Waals surface area contributed by atoms with Gasteiger partial charge in [-0.05, 0) is 43.9 Å². The van der Waals surface area contributed by atoms with Crippen molar-refractivity contribution in [1.29, 1.82) is 0 Å². The number of halogens is 1. The Balaban J connectivity index is 1.92. The van der Waals surface area contributed by atoms with E-state index >= 15 is 0 Å². The Kier molecular flexibility index (Phi) is 7.00. The number of benzene rings is 2. The van der Waals surface area contributed by atoms with E-state index in [4.69, 9.17) is 22.1 Å². The third-order valence-corrected chi connectivity index (χ3v) is 4.21. The van der Waals surface area contributed by atoms with E-state index in [9.17, 15) is 9.59 Å². The maximum atomic E-state index is 12.1. The molecular formula is C19H22ClN3O3. The Morgan fingerprint density at radius 2 is 1.92 bits per heavy atom. The molecule has 2 rings (SSSR count). The molecule has 6 nitrogen and oxygen atoms in total. The molecule has 0 aliphatic carbocycles. The summed E-state index contributed by atoms with van der Waals surface area (Å²) in [5.74, 6) is -0.409. The molecule has 0 aliphatic rings. The van der Waals surface area contributed by atoms with Crippen molar-refractivity contribution in [1.82, 2.24) is 10.2 Å². The van der Waals surface area contributed by atoms with Crippen molar-refractivity contribution in [3.05, 3.63) is 64.7 Å². The summed E-state index contributed by atoms with van der Waals surface area (Å²) in [5, 5.41) is 3.49. The number of hydrogen-bond donors (Lipinski definition) is 2. The van der Waals surface area contributed by atoms with Crippen LogP contribution in [0.3, 0.4) is 0 Å². The average molecular weight is 376 g/mol. The molecule has 0 heterocycles. The van der Waals surface area contributed by atoms with Crippen molar-refractivity contribution in [2.24, 2.45) is 5.73 Å². The summed E-state index contributed by atoms with van der Waals surface area (Å²) in [6, 6.07) is 13.9. The van der Waals surface area contributed by atoms with Gasteiger partial charge in [0.2, 0.25) is 5.91 Å². The van der Waals surface area contributed by atoms with Gasteiger partial charge in [-0.25, -0.2) is 0 Å². The van der Waals surface area contributed by atoms with Crippen LogP contribution in [0.25, 0.3) is 0 Å². The summed E-state index contributed by atoms with van der Waals surface area (Å²) in [6.07, 6.45) is 0. The molecule has 0 saturated heterocycles. The Morgan fingerprint density at radius 3 is 2.58 bits per heavy atom. The molecule has 138 valence electrons. The smallest absolute Gasteiger partial charge is 0.258 e. The minimum atomic E-state index is -0.548. The van der Waals surface area contributed by atoms with E-state index in [1.165, 1.54) is 6.07 Å². The SMILES string of the molecule is CN(C)[C@@H](CNC(=O)COc1cccc(C(N)=O)c1)c1ccccc1Cl. The van der Waals surface area contributed by atoms with E-state index in [1.807, 2.05) is 43.3 Å². The molecule has 2 amide bonds. The number of nitrogens with zero attached hydrogens (tertiary/aromatic N) is 1. The van der Waals surface area contributed by atoms with E-state index in [2.05, 4.69) is 5.32 Å². The van der Waals surface area contributed by atoms with E-state index in [1.54, 1.807) is 18.2 Å². The predicted octanol–water partition coefficient (Wildman–Crippen LogP) is 2.24. The minimum Gasteiger partial charge on any atom is -0.484 e. The van der Waals surface area contributed by atoms with Crippen molar-refractivity contribution in [2.45, 2.75) is 6.04 Å². The number of ether oxygens (including phenoxy) is 1. The highest BCUT2D eigenvalue weighted by molar-refractivity contribution is 6.31. The van der Waals surface area contributed by atoms with Gasteiger partial charge in [0.25, 0.3) is 5.91 Å². The van der Waals surface area contributed by atoms with Gasteiger partial charge in [-0.3, -0.25) is 9.59 Å². The fourth-order valence-corrected chi connectivity index (χ4v) is 2.73. The maximum Gasteiger partial charge on any atom is 0.258 e. The Hall–Kier alpha value is -2.57. The van der Waals surface area contributed by atoms with Gasteiger partial charge in [0.1, 0.15) is 5.75 Å². The molecule has 26 heavy (non-hydrogen) atoms. The standard InChI is InChI=1S/C19H22ClN3O3/c1-23(2)17(15-8-3-4-9-16(15)20)11-22-18(24)12-26-14-7-5-6-13(10-14)19(21)25/h3-10,17H,11-12H2,1-2H3,(H2,21,25)(H,22,24)/t17-/m0/s1. The monoisotopic (exact) mass is 375 g/mol. The second kappa shape index (κ2) is 9.22. The highest BCUT2D eigenvalue weighted by Gasteiger charge is 2.18. The molecule has 0 radical (unpaired) electrons. The average Bonchev–Trinajstić information content (AvgIpc) is 2.61. The van der Waals surface area contributed by atoms with E-state index in [0.29, 0.717) is 22.9 Å². The quantitative estimate of drug-likeness (QED) is 0.741. The highest BCUT2D eigenvalue weighted by Crippen LogP contribution is 2.25. The largest absolute Gasteiger partial charge is 0.484 e. The lowest BCUT2D eigenvalue weighted by Crippen LogP contribution is -2.37. The summed E-state index contributed by atoms with van der Waals surface area (Å²) in [6.45, 7) is 0.227. The molecule has 0 aromatic heterocycles. The first-order valence-electron chi connectivity index (χ1n) is 8.08. The number of hydrogen-bond acceptors (Lipinski definition) is 4. The zero-order chi connectivity index (χ0) is 19.1. The molecule has 0 fully saturated rings. The summed E-state index contributed by atoms with van der Waals surface area (Å²) in [4.78, 5) is 25.3. The number of likely N-dealkylation sites (N-methyl/N-ethyl adjacent to an activating group) is 1. The lowest BCUT2D eigenvalue weighted by molar-refractivity contribution is -0.123. The van der Waals surface area contributed by atoms with Crippen LogP contribution in [0.2, 0.25) is 5.02 Å². The number of amides is 2. The highest BCUT2D eigenvalue weighted by atomic mass is 35.5. The Morgan fingerprint density at radius 1 is 1.19 bits per heavy atom. The Labute approximate surface area is 157 Å². The van der Waals surface area contributed by atoms with Gasteiger partial charge in [0.05, 0.1) is 6.04 Å². The van der Waals surface area contributed by atoms with Crippen LogP contribution < -0.4 is 15.8 Å². The second-order valence-corrected chi connectivity index (χ2v) is 6.39. The summed E-state index contributed by atoms with van der Waals surface area (Å²) < 4.78 is 5.42. The van der Waals surface area contributed by atoms with Gasteiger partial charge >= 0.3 is 0 Å². The maximum absolute atomic E-state index is 12.1. The normalized spacial score (nSPS) is 11.8. The van der Waals surface area contributed by atoms with Crippen molar-refractivity contribution in [2.75, 3.05) is 27.2 Å². The van der Waals surface area contributed by atoms with Crippen LogP contribution >= 0.6 is 11.6 Å². The van der Waals surface area contributed by atoms with Gasteiger partial charge in [-0.1, -0.05) is 35.9 Å². The molecule has 2 aromatic rings. The fraction of sp³-hybridized carbons (Fsp3) is 0.263. The first kappa shape index (κ1) is 19.8. The molecule has 0 aliphatic heterocycles. The van der Waals surface area contributed by atoms with Crippen LogP contribution in [-0.4, -0.2) is 44.0 Å². The molecule has 0 saturated carbocycles. The molecule has 2 aromatic carbocycles. The van der Waals surface area contributed by atoms with E-state index < -0.39 is 5.91 Å². The second-order valence-electron chi connectivity index (χ2n) is 5.99. The summed E-state index contributed by atoms with van der Waals surface area (Å²) in [7, 11) is 3.85. The van der Waals surface area contributed by atoms with Crippen molar-refractivity contribution >= 4 is 23.4 Å². The van der Waals surface area contributed by atoms with Gasteiger partial charge < -0.3 is 20.7 Å². The lowest BCUT2D eigenvalue weighted by Gasteiger charge is -2.26. The van der Waals surface area contributed by atoms with Crippen LogP contribution in [-0.2, 0) is 4.79 Å². The molecule has 7 heteroatoms. The van der Waals surface area contributed by atoms with Crippen LogP contribution in [0.1, 0.15) is 22.0 Å². The number of rotatable bonds is 8. The molecule has 0 bridgehead atoms. The molecule has 0 unspecified atom stereocenters. The summed E-state index contributed by atoms with van der Waals surface area (Å²) in [5.41, 5.74) is 6.49. The third-order valence-electron chi connectivity index (χ3n) is 3.87. The molecule has 0 spiro atoms. The van der Waals surface area contributed by atoms with Crippen LogP contribution in [0, 0.1) is 0 Å². The van der Waals surface area contributed by atoms with Crippen molar-refractivity contribution < 1.29 is 14.3 Å². The van der Waals surface area contributed by atoms with E-state index in [-0.39, 0.29) is 18.6 Å². The number of carbonyl (C=O) groups is 2. The lowest BCUT2D eigenvalue weighted by atomic mass is 10.1. The van der Waals surface area contributed by atoms with Crippen molar-refractivity contribution in [3.8, 4) is 5.75 Å². The van der Waals surface area contributed by atoms with Crippen LogP contribution in [0.15, 0.2) is 48.5 Å². The van der Waals surface area contributed by atoms with Gasteiger partial charge in [0, 0.05) is 17.1 Å². The predicted molar refractivity (Wildman–Crippen MR) is 101 cm³/mol. The zero-order valence-electron chi connectivity index (χ0n) is 14.7. The molecular weight excluding hydrogens is 354 g/mol. The zero-order valence-corrected chi connectivity index (χ0v) is 15.5. The van der Waals surface area contributed by atoms with Crippen LogP contribution in [0.5, 0.6) is 5.75 Å². The third kappa shape index (κ3) is 5.47. The van der Waals surface area contributed by atoms with Gasteiger partial charge in [0.15, 0.2) is 6.61 Å². The number of nitrogens with one attached hydrogen (secondary N) is 1.